The van der Waals surface area contributed by atoms with Gasteiger partial charge in [-0.2, -0.15) is 0 Å². The topological polar surface area (TPSA) is 16.1 Å². The lowest BCUT2D eigenvalue weighted by molar-refractivity contribution is 0.665. The first-order valence-electron chi connectivity index (χ1n) is 5.10. The summed E-state index contributed by atoms with van der Waals surface area (Å²) in [6, 6.07) is 4.15. The van der Waals surface area contributed by atoms with Crippen molar-refractivity contribution >= 4 is 33.3 Å². The van der Waals surface area contributed by atoms with Crippen LogP contribution in [0, 0.1) is 0 Å². The first kappa shape index (κ1) is 12.8. The molecule has 0 aliphatic rings. The highest BCUT2D eigenvalue weighted by Crippen LogP contribution is 2.24. The van der Waals surface area contributed by atoms with Gasteiger partial charge in [-0.05, 0) is 32.4 Å². The summed E-state index contributed by atoms with van der Waals surface area (Å²) in [5, 5.41) is 1.72. The number of halogens is 2. The smallest absolute Gasteiger partial charge is 0.147 e. The quantitative estimate of drug-likeness (QED) is 0.768. The fourth-order valence-corrected chi connectivity index (χ4v) is 1.91. The van der Waals surface area contributed by atoms with Crippen LogP contribution in [0.4, 0.5) is 5.82 Å². The van der Waals surface area contributed by atoms with Gasteiger partial charge in [-0.15, -0.1) is 0 Å². The maximum Gasteiger partial charge on any atom is 0.147 e. The maximum atomic E-state index is 6.13. The van der Waals surface area contributed by atoms with Crippen LogP contribution < -0.4 is 4.90 Å². The second-order valence-corrected chi connectivity index (χ2v) is 4.84. The Labute approximate surface area is 105 Å². The third-order valence-corrected chi connectivity index (χ3v) is 3.02. The molecule has 0 aliphatic heterocycles. The predicted molar refractivity (Wildman–Crippen MR) is 70.1 cm³/mol. The van der Waals surface area contributed by atoms with Crippen LogP contribution in [0.25, 0.3) is 0 Å². The van der Waals surface area contributed by atoms with E-state index in [0.717, 1.165) is 29.1 Å². The third kappa shape index (κ3) is 3.65. The number of rotatable bonds is 5. The minimum absolute atomic E-state index is 0.413. The Kier molecular flexibility index (Phi) is 5.40. The van der Waals surface area contributed by atoms with Gasteiger partial charge in [0.1, 0.15) is 5.82 Å². The molecule has 0 saturated carbocycles. The van der Waals surface area contributed by atoms with E-state index in [1.807, 2.05) is 12.1 Å². The molecular formula is C11H16BrClN2. The normalized spacial score (nSPS) is 10.7. The summed E-state index contributed by atoms with van der Waals surface area (Å²) in [6.45, 7) is 5.28. The van der Waals surface area contributed by atoms with Gasteiger partial charge in [-0.1, -0.05) is 27.5 Å². The monoisotopic (exact) mass is 290 g/mol. The molecule has 15 heavy (non-hydrogen) atoms. The van der Waals surface area contributed by atoms with Gasteiger partial charge in [-0.25, -0.2) is 4.98 Å². The fourth-order valence-electron chi connectivity index (χ4n) is 1.43. The standard InChI is InChI=1S/C11H16BrClN2/c1-9(2)15(8-4-6-12)11-10(13)5-3-7-14-11/h3,5,7,9H,4,6,8H2,1-2H3. The van der Waals surface area contributed by atoms with E-state index >= 15 is 0 Å². The van der Waals surface area contributed by atoms with Crippen LogP contribution in [0.3, 0.4) is 0 Å². The molecule has 1 heterocycles. The lowest BCUT2D eigenvalue weighted by atomic mass is 10.3. The van der Waals surface area contributed by atoms with Crippen molar-refractivity contribution < 1.29 is 0 Å². The molecule has 1 aromatic heterocycles. The molecule has 84 valence electrons. The maximum absolute atomic E-state index is 6.13. The third-order valence-electron chi connectivity index (χ3n) is 2.17. The Morgan fingerprint density at radius 3 is 2.80 bits per heavy atom. The molecule has 2 nitrogen and oxygen atoms in total. The van der Waals surface area contributed by atoms with E-state index in [1.165, 1.54) is 0 Å². The average Bonchev–Trinajstić information content (AvgIpc) is 2.20. The van der Waals surface area contributed by atoms with Gasteiger partial charge >= 0.3 is 0 Å². The van der Waals surface area contributed by atoms with Crippen LogP contribution in [-0.2, 0) is 0 Å². The van der Waals surface area contributed by atoms with Crippen LogP contribution in [0.15, 0.2) is 18.3 Å². The van der Waals surface area contributed by atoms with Crippen LogP contribution in [-0.4, -0.2) is 22.9 Å². The molecule has 0 saturated heterocycles. The molecule has 1 rings (SSSR count). The highest BCUT2D eigenvalue weighted by Gasteiger charge is 2.13. The largest absolute Gasteiger partial charge is 0.353 e. The van der Waals surface area contributed by atoms with Crippen molar-refractivity contribution in [1.82, 2.24) is 4.98 Å². The summed E-state index contributed by atoms with van der Waals surface area (Å²) in [6.07, 6.45) is 2.87. The number of hydrogen-bond acceptors (Lipinski definition) is 2. The molecule has 0 fully saturated rings. The zero-order chi connectivity index (χ0) is 11.3. The van der Waals surface area contributed by atoms with Crippen molar-refractivity contribution in [1.29, 1.82) is 0 Å². The van der Waals surface area contributed by atoms with Crippen molar-refractivity contribution in [2.24, 2.45) is 0 Å². The first-order valence-corrected chi connectivity index (χ1v) is 6.60. The summed E-state index contributed by atoms with van der Waals surface area (Å²) >= 11 is 9.56. The van der Waals surface area contributed by atoms with Crippen LogP contribution in [0.5, 0.6) is 0 Å². The lowest BCUT2D eigenvalue weighted by Crippen LogP contribution is -2.32. The molecule has 0 aliphatic carbocycles. The average molecular weight is 292 g/mol. The van der Waals surface area contributed by atoms with E-state index < -0.39 is 0 Å². The number of alkyl halides is 1. The summed E-state index contributed by atoms with van der Waals surface area (Å²) < 4.78 is 0. The van der Waals surface area contributed by atoms with Gasteiger partial charge in [0, 0.05) is 24.1 Å². The lowest BCUT2D eigenvalue weighted by Gasteiger charge is -2.28. The molecule has 1 aromatic rings. The van der Waals surface area contributed by atoms with Crippen LogP contribution in [0.1, 0.15) is 20.3 Å². The SMILES string of the molecule is CC(C)N(CCCBr)c1ncccc1Cl. The van der Waals surface area contributed by atoms with E-state index in [4.69, 9.17) is 11.6 Å². The van der Waals surface area contributed by atoms with Gasteiger partial charge in [0.15, 0.2) is 0 Å². The molecule has 0 amide bonds. The van der Waals surface area contributed by atoms with Gasteiger partial charge in [0.25, 0.3) is 0 Å². The van der Waals surface area contributed by atoms with Crippen molar-refractivity contribution in [2.45, 2.75) is 26.3 Å². The van der Waals surface area contributed by atoms with Gasteiger partial charge in [0.05, 0.1) is 5.02 Å². The van der Waals surface area contributed by atoms with Gasteiger partial charge in [0.2, 0.25) is 0 Å². The molecular weight excluding hydrogens is 275 g/mol. The van der Waals surface area contributed by atoms with Crippen molar-refractivity contribution in [3.8, 4) is 0 Å². The Balaban J connectivity index is 2.84. The number of pyridine rings is 1. The summed E-state index contributed by atoms with van der Waals surface area (Å²) in [5.74, 6) is 0.884. The molecule has 0 spiro atoms. The van der Waals surface area contributed by atoms with E-state index in [1.54, 1.807) is 6.20 Å². The molecule has 0 N–H and O–H groups in total. The van der Waals surface area contributed by atoms with Gasteiger partial charge in [-0.3, -0.25) is 0 Å². The zero-order valence-corrected chi connectivity index (χ0v) is 11.4. The molecule has 0 radical (unpaired) electrons. The van der Waals surface area contributed by atoms with Crippen LogP contribution in [0.2, 0.25) is 5.02 Å². The fraction of sp³-hybridized carbons (Fsp3) is 0.545. The molecule has 0 aromatic carbocycles. The zero-order valence-electron chi connectivity index (χ0n) is 9.08. The predicted octanol–water partition coefficient (Wildman–Crippen LogP) is 3.73. The highest BCUT2D eigenvalue weighted by molar-refractivity contribution is 9.09. The van der Waals surface area contributed by atoms with Crippen molar-refractivity contribution in [2.75, 3.05) is 16.8 Å². The van der Waals surface area contributed by atoms with Crippen molar-refractivity contribution in [3.05, 3.63) is 23.4 Å². The number of nitrogens with zero attached hydrogens (tertiary/aromatic N) is 2. The van der Waals surface area contributed by atoms with Gasteiger partial charge < -0.3 is 4.90 Å². The summed E-state index contributed by atoms with van der Waals surface area (Å²) in [7, 11) is 0. The van der Waals surface area contributed by atoms with E-state index in [2.05, 4.69) is 39.7 Å². The van der Waals surface area contributed by atoms with E-state index in [-0.39, 0.29) is 0 Å². The number of aromatic nitrogens is 1. The van der Waals surface area contributed by atoms with E-state index in [0.29, 0.717) is 6.04 Å². The van der Waals surface area contributed by atoms with Crippen molar-refractivity contribution in [3.63, 3.8) is 0 Å². The molecule has 0 bridgehead atoms. The minimum Gasteiger partial charge on any atom is -0.353 e. The van der Waals surface area contributed by atoms with E-state index in [9.17, 15) is 0 Å². The molecule has 4 heteroatoms. The minimum atomic E-state index is 0.413. The Morgan fingerprint density at radius 2 is 2.27 bits per heavy atom. The Bertz CT molecular complexity index is 304. The Hall–Kier alpha value is -0.280. The highest BCUT2D eigenvalue weighted by atomic mass is 79.9. The second-order valence-electron chi connectivity index (χ2n) is 3.64. The number of anilines is 1. The second kappa shape index (κ2) is 6.33. The first-order chi connectivity index (χ1) is 7.16. The Morgan fingerprint density at radius 1 is 1.53 bits per heavy atom. The number of hydrogen-bond donors (Lipinski definition) is 0. The molecule has 0 unspecified atom stereocenters. The summed E-state index contributed by atoms with van der Waals surface area (Å²) in [4.78, 5) is 6.56. The molecule has 0 atom stereocenters. The van der Waals surface area contributed by atoms with Crippen LogP contribution >= 0.6 is 27.5 Å². The summed E-state index contributed by atoms with van der Waals surface area (Å²) in [5.41, 5.74) is 0.